The molecular formula is C12H21FO10. The van der Waals surface area contributed by atoms with Gasteiger partial charge in [-0.05, 0) is 0 Å². The minimum atomic E-state index is -2.23. The lowest BCUT2D eigenvalue weighted by atomic mass is 9.97. The average molecular weight is 344 g/mol. The second kappa shape index (κ2) is 7.61. The largest absolute Gasteiger partial charge is 0.394 e. The first-order valence-corrected chi connectivity index (χ1v) is 7.04. The maximum absolute atomic E-state index is 13.6. The topological polar surface area (TPSA) is 169 Å². The molecule has 0 bridgehead atoms. The van der Waals surface area contributed by atoms with Gasteiger partial charge in [-0.2, -0.15) is 0 Å². The molecule has 10 atom stereocenters. The zero-order chi connectivity index (χ0) is 17.3. The van der Waals surface area contributed by atoms with Crippen LogP contribution in [0.15, 0.2) is 0 Å². The van der Waals surface area contributed by atoms with E-state index < -0.39 is 74.7 Å². The number of aliphatic hydroxyl groups is 7. The average Bonchev–Trinajstić information content (AvgIpc) is 2.55. The predicted molar refractivity (Wildman–Crippen MR) is 67.5 cm³/mol. The Hall–Kier alpha value is -0.470. The molecule has 0 aromatic heterocycles. The van der Waals surface area contributed by atoms with E-state index in [-0.39, 0.29) is 0 Å². The van der Waals surface area contributed by atoms with Gasteiger partial charge in [0.2, 0.25) is 0 Å². The Bertz CT molecular complexity index is 383. The first kappa shape index (κ1) is 18.9. The maximum Gasteiger partial charge on any atom is 0.189 e. The summed E-state index contributed by atoms with van der Waals surface area (Å²) in [5, 5.41) is 66.5. The van der Waals surface area contributed by atoms with Gasteiger partial charge in [0.15, 0.2) is 18.8 Å². The number of halogens is 1. The molecule has 0 aliphatic carbocycles. The van der Waals surface area contributed by atoms with Crippen LogP contribution in [0, 0.1) is 0 Å². The summed E-state index contributed by atoms with van der Waals surface area (Å²) in [6.45, 7) is -1.43. The van der Waals surface area contributed by atoms with Crippen LogP contribution in [0.4, 0.5) is 4.39 Å². The second-order valence-electron chi connectivity index (χ2n) is 5.48. The van der Waals surface area contributed by atoms with E-state index in [9.17, 15) is 35.0 Å². The lowest BCUT2D eigenvalue weighted by Gasteiger charge is -2.44. The number of ether oxygens (including phenoxy) is 3. The van der Waals surface area contributed by atoms with Crippen LogP contribution in [0.25, 0.3) is 0 Å². The van der Waals surface area contributed by atoms with Crippen LogP contribution in [-0.4, -0.2) is 110 Å². The van der Waals surface area contributed by atoms with Crippen molar-refractivity contribution in [3.8, 4) is 0 Å². The summed E-state index contributed by atoms with van der Waals surface area (Å²) in [5.41, 5.74) is 0. The summed E-state index contributed by atoms with van der Waals surface area (Å²) >= 11 is 0. The van der Waals surface area contributed by atoms with Gasteiger partial charge < -0.3 is 50.0 Å². The van der Waals surface area contributed by atoms with Crippen molar-refractivity contribution in [2.45, 2.75) is 61.5 Å². The zero-order valence-electron chi connectivity index (χ0n) is 11.9. The minimum absolute atomic E-state index is 0.692. The van der Waals surface area contributed by atoms with Crippen molar-refractivity contribution < 1.29 is 54.3 Å². The number of rotatable bonds is 4. The van der Waals surface area contributed by atoms with Crippen LogP contribution < -0.4 is 0 Å². The number of alkyl halides is 1. The predicted octanol–water partition coefficient (Wildman–Crippen LogP) is -4.42. The summed E-state index contributed by atoms with van der Waals surface area (Å²) in [4.78, 5) is 0. The Morgan fingerprint density at radius 2 is 1.39 bits per heavy atom. The van der Waals surface area contributed by atoms with Gasteiger partial charge in [-0.15, -0.1) is 0 Å². The van der Waals surface area contributed by atoms with Gasteiger partial charge in [-0.1, -0.05) is 0 Å². The van der Waals surface area contributed by atoms with Crippen molar-refractivity contribution in [3.05, 3.63) is 0 Å². The second-order valence-corrected chi connectivity index (χ2v) is 5.48. The monoisotopic (exact) mass is 344 g/mol. The maximum atomic E-state index is 13.6. The fourth-order valence-electron chi connectivity index (χ4n) is 2.55. The Labute approximate surface area is 130 Å². The Morgan fingerprint density at radius 1 is 0.783 bits per heavy atom. The van der Waals surface area contributed by atoms with E-state index in [4.69, 9.17) is 19.3 Å². The lowest BCUT2D eigenvalue weighted by molar-refractivity contribution is -0.350. The molecule has 2 saturated heterocycles. The van der Waals surface area contributed by atoms with Gasteiger partial charge in [-0.25, -0.2) is 4.39 Å². The smallest absolute Gasteiger partial charge is 0.189 e. The van der Waals surface area contributed by atoms with Crippen molar-refractivity contribution in [1.29, 1.82) is 0 Å². The van der Waals surface area contributed by atoms with Crippen LogP contribution in [0.2, 0.25) is 0 Å². The molecule has 136 valence electrons. The highest BCUT2D eigenvalue weighted by Gasteiger charge is 2.50. The summed E-state index contributed by atoms with van der Waals surface area (Å²) in [6.07, 6.45) is -16.9. The first-order valence-electron chi connectivity index (χ1n) is 7.04. The Morgan fingerprint density at radius 3 is 1.96 bits per heavy atom. The minimum Gasteiger partial charge on any atom is -0.394 e. The fourth-order valence-corrected chi connectivity index (χ4v) is 2.55. The van der Waals surface area contributed by atoms with Gasteiger partial charge >= 0.3 is 0 Å². The molecule has 2 aliphatic heterocycles. The summed E-state index contributed by atoms with van der Waals surface area (Å²) in [6, 6.07) is 0. The van der Waals surface area contributed by atoms with Crippen LogP contribution in [0.1, 0.15) is 0 Å². The molecule has 0 radical (unpaired) electrons. The normalized spacial score (nSPS) is 51.7. The molecule has 2 fully saturated rings. The summed E-state index contributed by atoms with van der Waals surface area (Å²) in [7, 11) is 0. The first-order chi connectivity index (χ1) is 10.8. The van der Waals surface area contributed by atoms with E-state index in [2.05, 4.69) is 0 Å². The van der Waals surface area contributed by atoms with Crippen molar-refractivity contribution in [2.75, 3.05) is 13.2 Å². The third-order valence-electron chi connectivity index (χ3n) is 3.94. The summed E-state index contributed by atoms with van der Waals surface area (Å²) in [5.74, 6) is 0. The highest BCUT2D eigenvalue weighted by atomic mass is 19.1. The molecule has 2 heterocycles. The third-order valence-corrected chi connectivity index (χ3v) is 3.94. The van der Waals surface area contributed by atoms with E-state index >= 15 is 0 Å². The molecule has 2 rings (SSSR count). The van der Waals surface area contributed by atoms with Crippen LogP contribution in [0.5, 0.6) is 0 Å². The lowest BCUT2D eigenvalue weighted by Crippen LogP contribution is -2.63. The van der Waals surface area contributed by atoms with Gasteiger partial charge in [0.05, 0.1) is 13.2 Å². The van der Waals surface area contributed by atoms with E-state index in [1.165, 1.54) is 0 Å². The standard InChI is InChI=1S/C12H21FO10/c13-5-7(17)10(4(2-15)21-11(5)20)23-12-9(19)8(18)6(16)3(1-14)22-12/h3-12,14-20H,1-2H2. The van der Waals surface area contributed by atoms with Gasteiger partial charge in [0.1, 0.15) is 42.7 Å². The van der Waals surface area contributed by atoms with E-state index in [0.717, 1.165) is 0 Å². The fraction of sp³-hybridized carbons (Fsp3) is 1.00. The van der Waals surface area contributed by atoms with E-state index in [1.54, 1.807) is 0 Å². The van der Waals surface area contributed by atoms with E-state index in [0.29, 0.717) is 0 Å². The number of hydrogen-bond donors (Lipinski definition) is 7. The van der Waals surface area contributed by atoms with Crippen molar-refractivity contribution in [3.63, 3.8) is 0 Å². The molecule has 23 heavy (non-hydrogen) atoms. The van der Waals surface area contributed by atoms with Crippen molar-refractivity contribution in [2.24, 2.45) is 0 Å². The molecular weight excluding hydrogens is 323 g/mol. The third kappa shape index (κ3) is 3.64. The molecule has 10 unspecified atom stereocenters. The van der Waals surface area contributed by atoms with E-state index in [1.807, 2.05) is 0 Å². The van der Waals surface area contributed by atoms with Crippen LogP contribution in [0.3, 0.4) is 0 Å². The van der Waals surface area contributed by atoms with Gasteiger partial charge in [-0.3, -0.25) is 0 Å². The highest BCUT2D eigenvalue weighted by molar-refractivity contribution is 4.93. The van der Waals surface area contributed by atoms with Crippen LogP contribution in [-0.2, 0) is 14.2 Å². The highest BCUT2D eigenvalue weighted by Crippen LogP contribution is 2.29. The molecule has 0 saturated carbocycles. The van der Waals surface area contributed by atoms with Crippen molar-refractivity contribution >= 4 is 0 Å². The quantitative estimate of drug-likeness (QED) is 0.264. The van der Waals surface area contributed by atoms with Gasteiger partial charge in [0.25, 0.3) is 0 Å². The van der Waals surface area contributed by atoms with Crippen molar-refractivity contribution in [1.82, 2.24) is 0 Å². The number of hydrogen-bond acceptors (Lipinski definition) is 10. The molecule has 7 N–H and O–H groups in total. The van der Waals surface area contributed by atoms with Crippen LogP contribution >= 0.6 is 0 Å². The molecule has 10 nitrogen and oxygen atoms in total. The summed E-state index contributed by atoms with van der Waals surface area (Å²) < 4.78 is 28.7. The molecule has 2 aliphatic rings. The molecule has 0 aromatic rings. The zero-order valence-corrected chi connectivity index (χ0v) is 11.9. The SMILES string of the molecule is OCC1OC(OC2C(CO)OC(O)C(F)C2O)C(O)C(O)C1O. The molecule has 0 aromatic carbocycles. The Kier molecular flexibility index (Phi) is 6.24. The molecule has 0 spiro atoms. The number of aliphatic hydroxyl groups excluding tert-OH is 7. The van der Waals surface area contributed by atoms with Gasteiger partial charge in [0, 0.05) is 0 Å². The Balaban J connectivity index is 2.11. The molecule has 11 heteroatoms. The molecule has 0 amide bonds.